The van der Waals surface area contributed by atoms with Crippen molar-refractivity contribution in [3.63, 3.8) is 0 Å². The summed E-state index contributed by atoms with van der Waals surface area (Å²) < 4.78 is 0.787. The van der Waals surface area contributed by atoms with E-state index in [0.29, 0.717) is 0 Å². The minimum atomic E-state index is -0.372. The van der Waals surface area contributed by atoms with E-state index >= 15 is 0 Å². The van der Waals surface area contributed by atoms with E-state index in [-0.39, 0.29) is 16.1 Å². The van der Waals surface area contributed by atoms with Crippen molar-refractivity contribution in [2.45, 2.75) is 25.3 Å². The highest BCUT2D eigenvalue weighted by Gasteiger charge is 2.29. The predicted octanol–water partition coefficient (Wildman–Crippen LogP) is 2.94. The number of nitro groups is 1. The van der Waals surface area contributed by atoms with E-state index in [1.54, 1.807) is 12.1 Å². The van der Waals surface area contributed by atoms with E-state index < -0.39 is 0 Å². The van der Waals surface area contributed by atoms with Crippen LogP contribution in [0.25, 0.3) is 0 Å². The summed E-state index contributed by atoms with van der Waals surface area (Å²) in [5.74, 6) is 0. The van der Waals surface area contributed by atoms with Crippen molar-refractivity contribution < 1.29 is 4.92 Å². The Morgan fingerprint density at radius 3 is 2.53 bits per heavy atom. The fraction of sp³-hybridized carbons (Fsp3) is 0.538. The normalized spacial score (nSPS) is 18.4. The van der Waals surface area contributed by atoms with Crippen LogP contribution in [0.3, 0.4) is 0 Å². The summed E-state index contributed by atoms with van der Waals surface area (Å²) in [5.41, 5.74) is 1.35. The molecule has 0 bridgehead atoms. The molecule has 0 unspecified atom stereocenters. The maximum absolute atomic E-state index is 10.7. The van der Waals surface area contributed by atoms with Gasteiger partial charge in [0.2, 0.25) is 0 Å². The number of benzene rings is 1. The molecule has 0 saturated carbocycles. The Bertz CT molecular complexity index is 485. The molecule has 1 aromatic rings. The van der Waals surface area contributed by atoms with E-state index in [1.807, 2.05) is 13.1 Å². The predicted molar refractivity (Wildman–Crippen MR) is 79.7 cm³/mol. The molecule has 1 N–H and O–H groups in total. The average molecular weight is 328 g/mol. The zero-order chi connectivity index (χ0) is 14.0. The summed E-state index contributed by atoms with van der Waals surface area (Å²) in [7, 11) is 2.00. The molecule has 1 aliphatic heterocycles. The summed E-state index contributed by atoms with van der Waals surface area (Å²) in [5, 5.41) is 14.1. The Morgan fingerprint density at radius 2 is 2.05 bits per heavy atom. The van der Waals surface area contributed by atoms with Gasteiger partial charge in [-0.3, -0.25) is 10.1 Å². The molecule has 0 atom stereocenters. The molecule has 1 aromatic carbocycles. The summed E-state index contributed by atoms with van der Waals surface area (Å²) >= 11 is 3.43. The maximum atomic E-state index is 10.7. The quantitative estimate of drug-likeness (QED) is 0.685. The van der Waals surface area contributed by atoms with Crippen LogP contribution in [0.1, 0.15) is 19.8 Å². The molecule has 0 aromatic heterocycles. The number of halogens is 1. The van der Waals surface area contributed by atoms with Gasteiger partial charge in [-0.2, -0.15) is 0 Å². The third kappa shape index (κ3) is 3.06. The van der Waals surface area contributed by atoms with Gasteiger partial charge in [0, 0.05) is 35.2 Å². The van der Waals surface area contributed by atoms with Crippen LogP contribution < -0.4 is 10.2 Å². The van der Waals surface area contributed by atoms with Crippen LogP contribution >= 0.6 is 15.9 Å². The van der Waals surface area contributed by atoms with Gasteiger partial charge in [-0.1, -0.05) is 0 Å². The zero-order valence-electron chi connectivity index (χ0n) is 11.1. The average Bonchev–Trinajstić information content (AvgIpc) is 2.40. The molecule has 2 rings (SSSR count). The van der Waals surface area contributed by atoms with Crippen molar-refractivity contribution in [3.8, 4) is 0 Å². The Hall–Kier alpha value is -1.14. The first kappa shape index (κ1) is 14.3. The zero-order valence-corrected chi connectivity index (χ0v) is 12.7. The number of hydrogen-bond acceptors (Lipinski definition) is 4. The Kier molecular flexibility index (Phi) is 4.10. The molecule has 104 valence electrons. The number of rotatable bonds is 3. The van der Waals surface area contributed by atoms with Crippen LogP contribution in [0.4, 0.5) is 11.4 Å². The summed E-state index contributed by atoms with van der Waals surface area (Å²) in [6, 6.07) is 4.96. The molecule has 5 nitrogen and oxygen atoms in total. The van der Waals surface area contributed by atoms with Crippen molar-refractivity contribution in [1.29, 1.82) is 0 Å². The molecule has 1 heterocycles. The molecule has 0 radical (unpaired) electrons. The van der Waals surface area contributed by atoms with Gasteiger partial charge in [0.25, 0.3) is 5.69 Å². The third-order valence-corrected chi connectivity index (χ3v) is 4.59. The van der Waals surface area contributed by atoms with E-state index in [9.17, 15) is 10.1 Å². The molecule has 0 amide bonds. The van der Waals surface area contributed by atoms with Gasteiger partial charge in [0.1, 0.15) is 0 Å². The van der Waals surface area contributed by atoms with Crippen LogP contribution in [0.2, 0.25) is 0 Å². The van der Waals surface area contributed by atoms with E-state index in [1.165, 1.54) is 0 Å². The lowest BCUT2D eigenvalue weighted by Crippen LogP contribution is -2.50. The minimum Gasteiger partial charge on any atom is -0.370 e. The molecular formula is C13H18BrN3O2. The van der Waals surface area contributed by atoms with Crippen molar-refractivity contribution in [2.75, 3.05) is 25.0 Å². The number of non-ortho nitro benzene ring substituents is 1. The lowest BCUT2D eigenvalue weighted by molar-refractivity contribution is -0.384. The molecular weight excluding hydrogens is 310 g/mol. The number of anilines is 1. The van der Waals surface area contributed by atoms with Crippen LogP contribution in [0.5, 0.6) is 0 Å². The second-order valence-electron chi connectivity index (χ2n) is 5.19. The van der Waals surface area contributed by atoms with E-state index in [4.69, 9.17) is 0 Å². The third-order valence-electron chi connectivity index (χ3n) is 3.95. The standard InChI is InChI=1S/C13H18BrN3O2/c1-13(15-2)5-7-16(8-6-13)12-4-3-10(17(18)19)9-11(12)14/h3-4,9,15H,5-8H2,1-2H3. The maximum Gasteiger partial charge on any atom is 0.270 e. The number of hydrogen-bond donors (Lipinski definition) is 1. The second kappa shape index (κ2) is 5.46. The Labute approximate surface area is 121 Å². The molecule has 0 aliphatic carbocycles. The lowest BCUT2D eigenvalue weighted by Gasteiger charge is -2.40. The molecule has 1 saturated heterocycles. The minimum absolute atomic E-state index is 0.118. The van der Waals surface area contributed by atoms with Crippen LogP contribution in [0.15, 0.2) is 22.7 Å². The van der Waals surface area contributed by atoms with Crippen molar-refractivity contribution >= 4 is 27.3 Å². The van der Waals surface area contributed by atoms with Gasteiger partial charge in [0.05, 0.1) is 10.6 Å². The smallest absolute Gasteiger partial charge is 0.270 e. The van der Waals surface area contributed by atoms with Gasteiger partial charge >= 0.3 is 0 Å². The number of nitrogens with zero attached hydrogens (tertiary/aromatic N) is 2. The molecule has 0 spiro atoms. The van der Waals surface area contributed by atoms with Crippen molar-refractivity contribution in [2.24, 2.45) is 0 Å². The highest BCUT2D eigenvalue weighted by Crippen LogP contribution is 2.33. The topological polar surface area (TPSA) is 58.4 Å². The summed E-state index contributed by atoms with van der Waals surface area (Å²) in [4.78, 5) is 12.6. The van der Waals surface area contributed by atoms with Crippen molar-refractivity contribution in [3.05, 3.63) is 32.8 Å². The SMILES string of the molecule is CNC1(C)CCN(c2ccc([N+](=O)[O-])cc2Br)CC1. The van der Waals surface area contributed by atoms with Crippen LogP contribution in [-0.4, -0.2) is 30.6 Å². The molecule has 6 heteroatoms. The molecule has 1 aliphatic rings. The second-order valence-corrected chi connectivity index (χ2v) is 6.04. The van der Waals surface area contributed by atoms with Gasteiger partial charge in [-0.25, -0.2) is 0 Å². The number of nitro benzene ring substituents is 1. The molecule has 1 fully saturated rings. The number of piperidine rings is 1. The number of nitrogens with one attached hydrogen (secondary N) is 1. The highest BCUT2D eigenvalue weighted by molar-refractivity contribution is 9.10. The Morgan fingerprint density at radius 1 is 1.42 bits per heavy atom. The van der Waals surface area contributed by atoms with E-state index in [2.05, 4.69) is 33.1 Å². The largest absolute Gasteiger partial charge is 0.370 e. The summed E-state index contributed by atoms with van der Waals surface area (Å²) in [6.45, 7) is 4.14. The highest BCUT2D eigenvalue weighted by atomic mass is 79.9. The van der Waals surface area contributed by atoms with Gasteiger partial charge < -0.3 is 10.2 Å². The van der Waals surface area contributed by atoms with Crippen LogP contribution in [-0.2, 0) is 0 Å². The van der Waals surface area contributed by atoms with Crippen LogP contribution in [0, 0.1) is 10.1 Å². The summed E-state index contributed by atoms with van der Waals surface area (Å²) in [6.07, 6.45) is 2.12. The first-order valence-electron chi connectivity index (χ1n) is 6.33. The first-order valence-corrected chi connectivity index (χ1v) is 7.12. The molecule has 19 heavy (non-hydrogen) atoms. The van der Waals surface area contributed by atoms with Gasteiger partial charge in [-0.15, -0.1) is 0 Å². The Balaban J connectivity index is 2.14. The van der Waals surface area contributed by atoms with Gasteiger partial charge in [-0.05, 0) is 48.8 Å². The first-order chi connectivity index (χ1) is 8.95. The van der Waals surface area contributed by atoms with Gasteiger partial charge in [0.15, 0.2) is 0 Å². The van der Waals surface area contributed by atoms with Crippen molar-refractivity contribution in [1.82, 2.24) is 5.32 Å². The lowest BCUT2D eigenvalue weighted by atomic mass is 9.89. The fourth-order valence-corrected chi connectivity index (χ4v) is 2.97. The fourth-order valence-electron chi connectivity index (χ4n) is 2.36. The van der Waals surface area contributed by atoms with E-state index in [0.717, 1.165) is 36.1 Å². The monoisotopic (exact) mass is 327 g/mol.